The lowest BCUT2D eigenvalue weighted by molar-refractivity contribution is 0.0960. The molecule has 0 radical (unpaired) electrons. The van der Waals surface area contributed by atoms with Gasteiger partial charge in [-0.3, -0.25) is 4.79 Å². The van der Waals surface area contributed by atoms with Gasteiger partial charge < -0.3 is 9.47 Å². The van der Waals surface area contributed by atoms with Gasteiger partial charge in [-0.15, -0.1) is 9.24 Å². The maximum atomic E-state index is 12.7. The summed E-state index contributed by atoms with van der Waals surface area (Å²) in [5.74, 6) is 1.63. The third-order valence-corrected chi connectivity index (χ3v) is 4.48. The summed E-state index contributed by atoms with van der Waals surface area (Å²) in [5, 5.41) is 0. The Bertz CT molecular complexity index is 491. The van der Waals surface area contributed by atoms with Gasteiger partial charge in [0.25, 0.3) is 0 Å². The van der Waals surface area contributed by atoms with E-state index in [-0.39, 0.29) is 22.8 Å². The van der Waals surface area contributed by atoms with Crippen molar-refractivity contribution in [3.63, 3.8) is 0 Å². The fourth-order valence-electron chi connectivity index (χ4n) is 2.53. The van der Waals surface area contributed by atoms with Crippen LogP contribution in [0.25, 0.3) is 0 Å². The van der Waals surface area contributed by atoms with Gasteiger partial charge in [0.05, 0.1) is 19.8 Å². The summed E-state index contributed by atoms with van der Waals surface area (Å²) >= 11 is 0. The maximum absolute atomic E-state index is 12.7. The van der Waals surface area contributed by atoms with Crippen LogP contribution in [0.1, 0.15) is 44.5 Å². The number of benzene rings is 1. The van der Waals surface area contributed by atoms with Crippen LogP contribution in [0.2, 0.25) is 0 Å². The van der Waals surface area contributed by atoms with E-state index in [0.29, 0.717) is 17.1 Å². The van der Waals surface area contributed by atoms with Gasteiger partial charge in [-0.1, -0.05) is 27.7 Å². The molecular weight excluding hydrogens is 283 g/mol. The number of carbonyl (C=O) groups is 1. The highest BCUT2D eigenvalue weighted by molar-refractivity contribution is 7.19. The Morgan fingerprint density at radius 1 is 1.24 bits per heavy atom. The lowest BCUT2D eigenvalue weighted by Crippen LogP contribution is -2.26. The largest absolute Gasteiger partial charge is 0.497 e. The Labute approximate surface area is 130 Å². The molecule has 1 aromatic carbocycles. The lowest BCUT2D eigenvalue weighted by atomic mass is 9.82. The summed E-state index contributed by atoms with van der Waals surface area (Å²) in [4.78, 5) is 12.7. The molecule has 4 heteroatoms. The number of methoxy groups -OCH3 is 2. The van der Waals surface area contributed by atoms with Crippen LogP contribution in [0.5, 0.6) is 11.5 Å². The van der Waals surface area contributed by atoms with Crippen molar-refractivity contribution in [1.82, 2.24) is 0 Å². The molecule has 0 heterocycles. The third-order valence-electron chi connectivity index (χ3n) is 3.52. The first kappa shape index (κ1) is 18.0. The smallest absolute Gasteiger partial charge is 0.173 e. The molecule has 1 aromatic rings. The molecule has 0 aliphatic heterocycles. The number of hydrogen-bond donors (Lipinski definition) is 0. The van der Waals surface area contributed by atoms with Crippen molar-refractivity contribution >= 4 is 15.0 Å². The first-order valence-electron chi connectivity index (χ1n) is 7.21. The molecule has 0 saturated carbocycles. The van der Waals surface area contributed by atoms with Crippen molar-refractivity contribution in [2.75, 3.05) is 14.2 Å². The monoisotopic (exact) mass is 310 g/mol. The highest BCUT2D eigenvalue weighted by Crippen LogP contribution is 2.33. The van der Waals surface area contributed by atoms with Crippen LogP contribution in [0.3, 0.4) is 0 Å². The van der Waals surface area contributed by atoms with Crippen molar-refractivity contribution in [3.8, 4) is 11.5 Å². The average molecular weight is 310 g/mol. The Hall–Kier alpha value is -1.08. The van der Waals surface area contributed by atoms with Crippen molar-refractivity contribution in [2.24, 2.45) is 11.3 Å². The van der Waals surface area contributed by atoms with Gasteiger partial charge in [-0.25, -0.2) is 0 Å². The zero-order valence-corrected chi connectivity index (χ0v) is 15.1. The fourth-order valence-corrected chi connectivity index (χ4v) is 2.85. The highest BCUT2D eigenvalue weighted by Gasteiger charge is 2.27. The van der Waals surface area contributed by atoms with E-state index in [4.69, 9.17) is 9.47 Å². The number of rotatable bonds is 6. The van der Waals surface area contributed by atoms with Crippen LogP contribution in [-0.4, -0.2) is 25.7 Å². The number of hydrogen-bond acceptors (Lipinski definition) is 3. The van der Waals surface area contributed by atoms with Crippen LogP contribution in [-0.2, 0) is 0 Å². The van der Waals surface area contributed by atoms with Crippen molar-refractivity contribution in [2.45, 2.75) is 39.8 Å². The number of carbonyl (C=O) groups excluding carboxylic acids is 1. The van der Waals surface area contributed by atoms with E-state index in [1.54, 1.807) is 32.4 Å². The van der Waals surface area contributed by atoms with Crippen LogP contribution in [0, 0.1) is 11.3 Å². The van der Waals surface area contributed by atoms with Gasteiger partial charge in [0.1, 0.15) is 11.5 Å². The summed E-state index contributed by atoms with van der Waals surface area (Å²) in [7, 11) is 5.86. The molecule has 0 saturated heterocycles. The Morgan fingerprint density at radius 2 is 1.86 bits per heavy atom. The molecule has 0 amide bonds. The minimum Gasteiger partial charge on any atom is -0.497 e. The zero-order valence-electron chi connectivity index (χ0n) is 13.9. The van der Waals surface area contributed by atoms with E-state index >= 15 is 0 Å². The van der Waals surface area contributed by atoms with E-state index in [1.165, 1.54) is 0 Å². The minimum atomic E-state index is -0.119. The standard InChI is InChI=1S/C17H27O3P/c1-11(10-17(2,3)4)16(21)15(18)13-8-7-12(19-5)9-14(13)20-6/h7-9,11,16H,10,21H2,1-6H3. The van der Waals surface area contributed by atoms with Crippen molar-refractivity contribution < 1.29 is 14.3 Å². The Kier molecular flexibility index (Phi) is 6.22. The predicted octanol–water partition coefficient (Wildman–Crippen LogP) is 4.20. The summed E-state index contributed by atoms with van der Waals surface area (Å²) in [5.41, 5.74) is 0.698. The van der Waals surface area contributed by atoms with Gasteiger partial charge in [0.15, 0.2) is 5.78 Å². The zero-order chi connectivity index (χ0) is 16.2. The average Bonchev–Trinajstić information content (AvgIpc) is 2.43. The lowest BCUT2D eigenvalue weighted by Gasteiger charge is -2.27. The van der Waals surface area contributed by atoms with E-state index in [2.05, 4.69) is 36.9 Å². The van der Waals surface area contributed by atoms with E-state index in [1.807, 2.05) is 0 Å². The van der Waals surface area contributed by atoms with Gasteiger partial charge in [-0.2, -0.15) is 0 Å². The van der Waals surface area contributed by atoms with Crippen molar-refractivity contribution in [1.29, 1.82) is 0 Å². The third kappa shape index (κ3) is 5.00. The summed E-state index contributed by atoms with van der Waals surface area (Å²) in [6.07, 6.45) is 0.991. The van der Waals surface area contributed by atoms with Gasteiger partial charge in [0.2, 0.25) is 0 Å². The number of Topliss-reactive ketones (excluding diaryl/α,β-unsaturated/α-hetero) is 1. The second kappa shape index (κ2) is 7.26. The summed E-state index contributed by atoms with van der Waals surface area (Å²) in [6, 6.07) is 5.32. The highest BCUT2D eigenvalue weighted by atomic mass is 31.0. The number of ether oxygens (including phenoxy) is 2. The predicted molar refractivity (Wildman–Crippen MR) is 90.6 cm³/mol. The van der Waals surface area contributed by atoms with Gasteiger partial charge in [-0.05, 0) is 29.9 Å². The molecule has 0 aromatic heterocycles. The maximum Gasteiger partial charge on any atom is 0.173 e. The molecule has 3 atom stereocenters. The molecule has 21 heavy (non-hydrogen) atoms. The molecule has 0 aliphatic carbocycles. The minimum absolute atomic E-state index is 0.0938. The molecule has 3 unspecified atom stereocenters. The summed E-state index contributed by atoms with van der Waals surface area (Å²) < 4.78 is 10.5. The SMILES string of the molecule is COc1ccc(C(=O)C(P)C(C)CC(C)(C)C)c(OC)c1. The van der Waals surface area contributed by atoms with Crippen LogP contribution < -0.4 is 9.47 Å². The molecule has 118 valence electrons. The van der Waals surface area contributed by atoms with Crippen LogP contribution in [0.15, 0.2) is 18.2 Å². The molecule has 0 N–H and O–H groups in total. The van der Waals surface area contributed by atoms with Gasteiger partial charge >= 0.3 is 0 Å². The summed E-state index contributed by atoms with van der Waals surface area (Å²) in [6.45, 7) is 8.70. The molecule has 0 fully saturated rings. The second-order valence-electron chi connectivity index (χ2n) is 6.70. The topological polar surface area (TPSA) is 35.5 Å². The van der Waals surface area contributed by atoms with Crippen LogP contribution >= 0.6 is 9.24 Å². The van der Waals surface area contributed by atoms with Crippen LogP contribution in [0.4, 0.5) is 0 Å². The molecule has 0 bridgehead atoms. The van der Waals surface area contributed by atoms with Gasteiger partial charge in [0, 0.05) is 11.7 Å². The molecular formula is C17H27O3P. The molecule has 3 nitrogen and oxygen atoms in total. The van der Waals surface area contributed by atoms with E-state index in [9.17, 15) is 4.79 Å². The van der Waals surface area contributed by atoms with E-state index in [0.717, 1.165) is 6.42 Å². The molecule has 0 spiro atoms. The normalized spacial score (nSPS) is 14.4. The quantitative estimate of drug-likeness (QED) is 0.583. The van der Waals surface area contributed by atoms with Crippen molar-refractivity contribution in [3.05, 3.63) is 23.8 Å². The van der Waals surface area contributed by atoms with E-state index < -0.39 is 0 Å². The second-order valence-corrected chi connectivity index (χ2v) is 7.42. The Morgan fingerprint density at radius 3 is 2.33 bits per heavy atom. The first-order chi connectivity index (χ1) is 9.69. The fraction of sp³-hybridized carbons (Fsp3) is 0.588. The number of ketones is 1. The molecule has 1 rings (SSSR count). The Balaban J connectivity index is 2.97. The molecule has 0 aliphatic rings. The first-order valence-corrected chi connectivity index (χ1v) is 7.88.